The molecule has 1 aromatic heterocycles. The number of aromatic nitrogens is 3. The van der Waals surface area contributed by atoms with E-state index in [0.717, 1.165) is 22.9 Å². The largest absolute Gasteiger partial charge is 0.248 e. The minimum atomic E-state index is -0.0221. The van der Waals surface area contributed by atoms with Crippen LogP contribution in [0.25, 0.3) is 0 Å². The van der Waals surface area contributed by atoms with Crippen LogP contribution in [0.1, 0.15) is 36.8 Å². The average Bonchev–Trinajstić information content (AvgIpc) is 2.93. The Labute approximate surface area is 143 Å². The fourth-order valence-electron chi connectivity index (χ4n) is 2.50. The van der Waals surface area contributed by atoms with Crippen molar-refractivity contribution >= 4 is 31.9 Å². The number of alkyl halides is 2. The van der Waals surface area contributed by atoms with E-state index in [0.29, 0.717) is 6.04 Å². The molecular weight excluding hydrogens is 394 g/mol. The zero-order valence-corrected chi connectivity index (χ0v) is 15.9. The van der Waals surface area contributed by atoms with E-state index in [1.165, 1.54) is 11.1 Å². The Morgan fingerprint density at radius 2 is 1.95 bits per heavy atom. The third-order valence-corrected chi connectivity index (χ3v) is 5.92. The van der Waals surface area contributed by atoms with Gasteiger partial charge in [-0.15, -0.1) is 0 Å². The van der Waals surface area contributed by atoms with Gasteiger partial charge in [-0.1, -0.05) is 61.7 Å². The number of hydrogen-bond donors (Lipinski definition) is 0. The molecule has 2 aromatic rings. The second-order valence-corrected chi connectivity index (χ2v) is 6.93. The molecule has 0 aliphatic rings. The van der Waals surface area contributed by atoms with Crippen molar-refractivity contribution in [3.63, 3.8) is 0 Å². The second-order valence-electron chi connectivity index (χ2n) is 5.81. The van der Waals surface area contributed by atoms with Crippen LogP contribution in [0.3, 0.4) is 0 Å². The highest BCUT2D eigenvalue weighted by Gasteiger charge is 2.32. The first-order valence-electron chi connectivity index (χ1n) is 7.10. The van der Waals surface area contributed by atoms with Crippen LogP contribution in [0.15, 0.2) is 30.6 Å². The molecule has 0 saturated heterocycles. The van der Waals surface area contributed by atoms with Crippen molar-refractivity contribution in [3.05, 3.63) is 47.5 Å². The predicted molar refractivity (Wildman–Crippen MR) is 94.6 cm³/mol. The molecule has 0 saturated carbocycles. The van der Waals surface area contributed by atoms with Gasteiger partial charge in [-0.2, -0.15) is 5.10 Å². The van der Waals surface area contributed by atoms with E-state index >= 15 is 0 Å². The van der Waals surface area contributed by atoms with Crippen molar-refractivity contribution < 1.29 is 0 Å². The predicted octanol–water partition coefficient (Wildman–Crippen LogP) is 4.44. The van der Waals surface area contributed by atoms with Gasteiger partial charge in [0.2, 0.25) is 0 Å². The van der Waals surface area contributed by atoms with Crippen LogP contribution < -0.4 is 0 Å². The van der Waals surface area contributed by atoms with E-state index in [4.69, 9.17) is 0 Å². The summed E-state index contributed by atoms with van der Waals surface area (Å²) < 4.78 is 2.01. The van der Waals surface area contributed by atoms with E-state index < -0.39 is 0 Å². The van der Waals surface area contributed by atoms with Gasteiger partial charge in [-0.3, -0.25) is 0 Å². The van der Waals surface area contributed by atoms with Crippen molar-refractivity contribution in [3.8, 4) is 0 Å². The Morgan fingerprint density at radius 3 is 2.52 bits per heavy atom. The Balaban J connectivity index is 2.41. The Hall–Kier alpha value is -0.680. The van der Waals surface area contributed by atoms with Gasteiger partial charge in [0.1, 0.15) is 12.2 Å². The summed E-state index contributed by atoms with van der Waals surface area (Å²) in [6.45, 7) is 6.40. The van der Waals surface area contributed by atoms with Gasteiger partial charge in [0.25, 0.3) is 0 Å². The molecule has 2 rings (SSSR count). The molecule has 0 aliphatic carbocycles. The summed E-state index contributed by atoms with van der Waals surface area (Å²) >= 11 is 7.43. The minimum absolute atomic E-state index is 0.0221. The molecule has 0 fully saturated rings. The molecule has 114 valence electrons. The first-order valence-corrected chi connectivity index (χ1v) is 9.34. The normalized spacial score (nSPS) is 12.1. The first kappa shape index (κ1) is 16.7. The van der Waals surface area contributed by atoms with Gasteiger partial charge >= 0.3 is 0 Å². The maximum atomic E-state index is 4.48. The number of benzene rings is 1. The molecule has 0 bridgehead atoms. The summed E-state index contributed by atoms with van der Waals surface area (Å²) in [6, 6.07) is 9.04. The van der Waals surface area contributed by atoms with E-state index in [1.807, 2.05) is 4.68 Å². The van der Waals surface area contributed by atoms with Gasteiger partial charge < -0.3 is 0 Å². The molecule has 0 aliphatic heterocycles. The van der Waals surface area contributed by atoms with Crippen molar-refractivity contribution in [2.24, 2.45) is 0 Å². The molecular formula is C16H21Br2N3. The SMILES string of the molecule is Cc1cccc(C(CBr)(CBr)Cc2ncnn2C(C)C)c1. The molecule has 3 nitrogen and oxygen atoms in total. The van der Waals surface area contributed by atoms with Crippen molar-refractivity contribution in [2.75, 3.05) is 10.7 Å². The summed E-state index contributed by atoms with van der Waals surface area (Å²) in [5, 5.41) is 6.10. The summed E-state index contributed by atoms with van der Waals surface area (Å²) in [7, 11) is 0. The summed E-state index contributed by atoms with van der Waals surface area (Å²) in [5.41, 5.74) is 2.59. The molecule has 0 spiro atoms. The van der Waals surface area contributed by atoms with E-state index in [9.17, 15) is 0 Å². The van der Waals surface area contributed by atoms with Crippen molar-refractivity contribution in [2.45, 2.75) is 38.6 Å². The van der Waals surface area contributed by atoms with E-state index in [-0.39, 0.29) is 5.41 Å². The van der Waals surface area contributed by atoms with Crippen LogP contribution in [-0.4, -0.2) is 25.4 Å². The summed E-state index contributed by atoms with van der Waals surface area (Å²) in [4.78, 5) is 4.48. The Kier molecular flexibility index (Phi) is 5.60. The van der Waals surface area contributed by atoms with E-state index in [1.54, 1.807) is 6.33 Å². The smallest absolute Gasteiger partial charge is 0.138 e. The second kappa shape index (κ2) is 7.05. The van der Waals surface area contributed by atoms with Crippen molar-refractivity contribution in [1.29, 1.82) is 0 Å². The van der Waals surface area contributed by atoms with Gasteiger partial charge in [0.05, 0.1) is 0 Å². The first-order chi connectivity index (χ1) is 10.0. The lowest BCUT2D eigenvalue weighted by Gasteiger charge is -2.31. The summed E-state index contributed by atoms with van der Waals surface area (Å²) in [5.74, 6) is 1.03. The number of halogens is 2. The highest BCUT2D eigenvalue weighted by atomic mass is 79.9. The zero-order chi connectivity index (χ0) is 15.5. The van der Waals surface area contributed by atoms with Crippen LogP contribution in [0.2, 0.25) is 0 Å². The molecule has 0 radical (unpaired) electrons. The number of hydrogen-bond acceptors (Lipinski definition) is 2. The molecule has 0 atom stereocenters. The van der Waals surface area contributed by atoms with Gasteiger partial charge in [-0.05, 0) is 26.3 Å². The quantitative estimate of drug-likeness (QED) is 0.654. The van der Waals surface area contributed by atoms with Gasteiger partial charge in [-0.25, -0.2) is 9.67 Å². The molecule has 0 amide bonds. The lowest BCUT2D eigenvalue weighted by atomic mass is 9.80. The van der Waals surface area contributed by atoms with Crippen LogP contribution in [0.4, 0.5) is 0 Å². The zero-order valence-electron chi connectivity index (χ0n) is 12.7. The average molecular weight is 415 g/mol. The van der Waals surface area contributed by atoms with Crippen LogP contribution in [0, 0.1) is 6.92 Å². The molecule has 5 heteroatoms. The standard InChI is InChI=1S/C16H21Br2N3/c1-12(2)21-15(19-11-20-21)8-16(9-17,10-18)14-6-4-5-13(3)7-14/h4-7,11-12H,8-10H2,1-3H3. The number of nitrogens with zero attached hydrogens (tertiary/aromatic N) is 3. The van der Waals surface area contributed by atoms with Crippen LogP contribution >= 0.6 is 31.9 Å². The maximum Gasteiger partial charge on any atom is 0.138 e. The third kappa shape index (κ3) is 3.57. The fraction of sp³-hybridized carbons (Fsp3) is 0.500. The lowest BCUT2D eigenvalue weighted by Crippen LogP contribution is -2.34. The third-order valence-electron chi connectivity index (χ3n) is 3.77. The highest BCUT2D eigenvalue weighted by molar-refractivity contribution is 9.09. The van der Waals surface area contributed by atoms with Crippen molar-refractivity contribution in [1.82, 2.24) is 14.8 Å². The molecule has 1 aromatic carbocycles. The Bertz CT molecular complexity index is 589. The van der Waals surface area contributed by atoms with E-state index in [2.05, 4.69) is 87.0 Å². The molecule has 1 heterocycles. The van der Waals surface area contributed by atoms with Crippen LogP contribution in [0.5, 0.6) is 0 Å². The molecule has 0 unspecified atom stereocenters. The molecule has 0 N–H and O–H groups in total. The fourth-order valence-corrected chi connectivity index (χ4v) is 4.47. The number of rotatable bonds is 6. The van der Waals surface area contributed by atoms with Gasteiger partial charge in [0.15, 0.2) is 0 Å². The number of aryl methyl sites for hydroxylation is 1. The van der Waals surface area contributed by atoms with Gasteiger partial charge in [0, 0.05) is 28.5 Å². The summed E-state index contributed by atoms with van der Waals surface area (Å²) in [6.07, 6.45) is 2.50. The Morgan fingerprint density at radius 1 is 1.24 bits per heavy atom. The maximum absolute atomic E-state index is 4.48. The minimum Gasteiger partial charge on any atom is -0.248 e. The molecule has 21 heavy (non-hydrogen) atoms. The highest BCUT2D eigenvalue weighted by Crippen LogP contribution is 2.33. The monoisotopic (exact) mass is 413 g/mol. The lowest BCUT2D eigenvalue weighted by molar-refractivity contribution is 0.459. The topological polar surface area (TPSA) is 30.7 Å². The van der Waals surface area contributed by atoms with Crippen LogP contribution in [-0.2, 0) is 11.8 Å².